The van der Waals surface area contributed by atoms with Gasteiger partial charge in [0.25, 0.3) is 0 Å². The highest BCUT2D eigenvalue weighted by molar-refractivity contribution is 5.80. The lowest BCUT2D eigenvalue weighted by molar-refractivity contribution is 0.628. The summed E-state index contributed by atoms with van der Waals surface area (Å²) in [5, 5.41) is 9.46. The van der Waals surface area contributed by atoms with Gasteiger partial charge in [-0.2, -0.15) is 5.26 Å². The maximum Gasteiger partial charge on any atom is 0.125 e. The van der Waals surface area contributed by atoms with Gasteiger partial charge in [0.2, 0.25) is 0 Å². The molecule has 2 aromatic rings. The molecule has 0 spiro atoms. The quantitative estimate of drug-likeness (QED) is 0.652. The Morgan fingerprint density at radius 2 is 2.23 bits per heavy atom. The molecule has 0 radical (unpaired) electrons. The maximum absolute atomic E-state index is 12.8. The summed E-state index contributed by atoms with van der Waals surface area (Å²) in [6, 6.07) is 8.45. The third kappa shape index (κ3) is 1.27. The number of nitriles is 1. The zero-order valence-corrected chi connectivity index (χ0v) is 6.87. The summed E-state index contributed by atoms with van der Waals surface area (Å²) >= 11 is 0. The Bertz CT molecular complexity index is 479. The Morgan fingerprint density at radius 1 is 1.38 bits per heavy atom. The predicted molar refractivity (Wildman–Crippen MR) is 47.5 cm³/mol. The third-order valence-electron chi connectivity index (χ3n) is 1.98. The van der Waals surface area contributed by atoms with E-state index in [0.29, 0.717) is 0 Å². The lowest BCUT2D eigenvalue weighted by Crippen LogP contribution is -1.92. The number of hydrogen-bond donors (Lipinski definition) is 0. The zero-order chi connectivity index (χ0) is 9.26. The number of nitrogens with zero attached hydrogens (tertiary/aromatic N) is 2. The molecule has 0 aliphatic heterocycles. The van der Waals surface area contributed by atoms with Crippen LogP contribution in [0.2, 0.25) is 0 Å². The van der Waals surface area contributed by atoms with Crippen molar-refractivity contribution in [3.63, 3.8) is 0 Å². The fourth-order valence-electron chi connectivity index (χ4n) is 1.37. The molecule has 0 aliphatic rings. The molecule has 0 fully saturated rings. The zero-order valence-electron chi connectivity index (χ0n) is 6.87. The van der Waals surface area contributed by atoms with Gasteiger partial charge in [0, 0.05) is 6.20 Å². The van der Waals surface area contributed by atoms with Gasteiger partial charge in [0.05, 0.1) is 11.6 Å². The van der Waals surface area contributed by atoms with E-state index in [0.717, 1.165) is 10.9 Å². The molecular formula is C10H7FN2. The van der Waals surface area contributed by atoms with Crippen molar-refractivity contribution in [2.24, 2.45) is 0 Å². The molecule has 0 saturated carbocycles. The van der Waals surface area contributed by atoms with Gasteiger partial charge in [0.15, 0.2) is 0 Å². The van der Waals surface area contributed by atoms with Crippen molar-refractivity contribution in [3.05, 3.63) is 36.3 Å². The van der Waals surface area contributed by atoms with Crippen LogP contribution in [0.5, 0.6) is 0 Å². The molecule has 0 atom stereocenters. The maximum atomic E-state index is 12.8. The monoisotopic (exact) mass is 174 g/mol. The van der Waals surface area contributed by atoms with E-state index in [1.165, 1.54) is 12.1 Å². The minimum atomic E-state index is -0.273. The summed E-state index contributed by atoms with van der Waals surface area (Å²) in [5.74, 6) is -0.273. The van der Waals surface area contributed by atoms with E-state index in [-0.39, 0.29) is 12.4 Å². The van der Waals surface area contributed by atoms with Crippen LogP contribution in [0.3, 0.4) is 0 Å². The molecule has 0 amide bonds. The molecule has 1 heterocycles. The number of aromatic nitrogens is 1. The van der Waals surface area contributed by atoms with Crippen molar-refractivity contribution in [1.82, 2.24) is 4.57 Å². The number of fused-ring (bicyclic) bond motifs is 1. The van der Waals surface area contributed by atoms with Crippen molar-refractivity contribution in [2.45, 2.75) is 6.54 Å². The van der Waals surface area contributed by atoms with Crippen LogP contribution in [0.15, 0.2) is 30.5 Å². The third-order valence-corrected chi connectivity index (χ3v) is 1.98. The highest BCUT2D eigenvalue weighted by Gasteiger charge is 2.00. The van der Waals surface area contributed by atoms with E-state index >= 15 is 0 Å². The van der Waals surface area contributed by atoms with Gasteiger partial charge in [0.1, 0.15) is 12.4 Å². The van der Waals surface area contributed by atoms with Crippen LogP contribution in [0, 0.1) is 17.1 Å². The SMILES string of the molecule is N#CCn1ccc2ccc(F)cc21. The second-order valence-electron chi connectivity index (χ2n) is 2.80. The number of rotatable bonds is 1. The van der Waals surface area contributed by atoms with Crippen LogP contribution < -0.4 is 0 Å². The fourth-order valence-corrected chi connectivity index (χ4v) is 1.37. The Morgan fingerprint density at radius 3 is 3.00 bits per heavy atom. The average Bonchev–Trinajstić information content (AvgIpc) is 2.49. The first kappa shape index (κ1) is 7.81. The Labute approximate surface area is 74.8 Å². The standard InChI is InChI=1S/C10H7FN2/c11-9-2-1-8-3-5-13(6-4-12)10(8)7-9/h1-3,5,7H,6H2. The Balaban J connectivity index is 2.66. The summed E-state index contributed by atoms with van der Waals surface area (Å²) in [5.41, 5.74) is 0.765. The van der Waals surface area contributed by atoms with E-state index < -0.39 is 0 Å². The second-order valence-corrected chi connectivity index (χ2v) is 2.80. The van der Waals surface area contributed by atoms with Gasteiger partial charge in [-0.15, -0.1) is 0 Å². The second kappa shape index (κ2) is 2.91. The lowest BCUT2D eigenvalue weighted by Gasteiger charge is -1.97. The molecular weight excluding hydrogens is 167 g/mol. The number of hydrogen-bond acceptors (Lipinski definition) is 1. The molecule has 1 aromatic carbocycles. The van der Waals surface area contributed by atoms with E-state index in [4.69, 9.17) is 5.26 Å². The van der Waals surface area contributed by atoms with Crippen LogP contribution in [-0.4, -0.2) is 4.57 Å². The van der Waals surface area contributed by atoms with Gasteiger partial charge < -0.3 is 4.57 Å². The molecule has 64 valence electrons. The largest absolute Gasteiger partial charge is 0.334 e. The number of benzene rings is 1. The van der Waals surface area contributed by atoms with Crippen molar-refractivity contribution < 1.29 is 4.39 Å². The molecule has 0 N–H and O–H groups in total. The predicted octanol–water partition coefficient (Wildman–Crippen LogP) is 2.30. The molecule has 0 bridgehead atoms. The van der Waals surface area contributed by atoms with Crippen molar-refractivity contribution >= 4 is 10.9 Å². The molecule has 13 heavy (non-hydrogen) atoms. The average molecular weight is 174 g/mol. The number of halogens is 1. The molecule has 0 saturated heterocycles. The van der Waals surface area contributed by atoms with Crippen molar-refractivity contribution in [3.8, 4) is 6.07 Å². The summed E-state index contributed by atoms with van der Waals surface area (Å²) in [4.78, 5) is 0. The first-order chi connectivity index (χ1) is 6.31. The van der Waals surface area contributed by atoms with Gasteiger partial charge in [-0.3, -0.25) is 0 Å². The Kier molecular flexibility index (Phi) is 1.75. The highest BCUT2D eigenvalue weighted by atomic mass is 19.1. The molecule has 2 nitrogen and oxygen atoms in total. The normalized spacial score (nSPS) is 10.2. The smallest absolute Gasteiger partial charge is 0.125 e. The summed E-state index contributed by atoms with van der Waals surface area (Å²) in [6.07, 6.45) is 1.79. The fraction of sp³-hybridized carbons (Fsp3) is 0.100. The molecule has 1 aromatic heterocycles. The van der Waals surface area contributed by atoms with E-state index in [2.05, 4.69) is 0 Å². The first-order valence-electron chi connectivity index (χ1n) is 3.92. The van der Waals surface area contributed by atoms with Gasteiger partial charge in [-0.05, 0) is 29.7 Å². The minimum absolute atomic E-state index is 0.257. The van der Waals surface area contributed by atoms with E-state index in [1.807, 2.05) is 12.1 Å². The summed E-state index contributed by atoms with van der Waals surface area (Å²) in [6.45, 7) is 0.257. The molecule has 0 aliphatic carbocycles. The van der Waals surface area contributed by atoms with Gasteiger partial charge in [-0.1, -0.05) is 0 Å². The van der Waals surface area contributed by atoms with Crippen molar-refractivity contribution in [2.75, 3.05) is 0 Å². The van der Waals surface area contributed by atoms with Gasteiger partial charge >= 0.3 is 0 Å². The topological polar surface area (TPSA) is 28.7 Å². The van der Waals surface area contributed by atoms with Crippen LogP contribution in [0.1, 0.15) is 0 Å². The summed E-state index contributed by atoms with van der Waals surface area (Å²) < 4.78 is 14.6. The molecule has 3 heteroatoms. The lowest BCUT2D eigenvalue weighted by atomic mass is 10.2. The van der Waals surface area contributed by atoms with Crippen LogP contribution >= 0.6 is 0 Å². The van der Waals surface area contributed by atoms with E-state index in [9.17, 15) is 4.39 Å². The van der Waals surface area contributed by atoms with Crippen molar-refractivity contribution in [1.29, 1.82) is 5.26 Å². The molecule has 2 rings (SSSR count). The highest BCUT2D eigenvalue weighted by Crippen LogP contribution is 2.16. The van der Waals surface area contributed by atoms with Gasteiger partial charge in [-0.25, -0.2) is 4.39 Å². The summed E-state index contributed by atoms with van der Waals surface area (Å²) in [7, 11) is 0. The van der Waals surface area contributed by atoms with E-state index in [1.54, 1.807) is 16.8 Å². The van der Waals surface area contributed by atoms with Crippen LogP contribution in [0.25, 0.3) is 10.9 Å². The van der Waals surface area contributed by atoms with Crippen LogP contribution in [-0.2, 0) is 6.54 Å². The molecule has 0 unspecified atom stereocenters. The Hall–Kier alpha value is -1.82. The minimum Gasteiger partial charge on any atom is -0.334 e. The first-order valence-corrected chi connectivity index (χ1v) is 3.92. The van der Waals surface area contributed by atoms with Crippen LogP contribution in [0.4, 0.5) is 4.39 Å².